The molecule has 52 heavy (non-hydrogen) atoms. The largest absolute Gasteiger partial charge is 0.479 e. The molecule has 3 heterocycles. The van der Waals surface area contributed by atoms with Crippen LogP contribution in [-0.4, -0.2) is 67.7 Å². The molecule has 3 aromatic carbocycles. The number of rotatable bonds is 13. The lowest BCUT2D eigenvalue weighted by Crippen LogP contribution is -2.39. The van der Waals surface area contributed by atoms with Gasteiger partial charge in [-0.1, -0.05) is 48.5 Å². The molecule has 2 aromatic heterocycles. The fourth-order valence-corrected chi connectivity index (χ4v) is 7.37. The predicted octanol–water partition coefficient (Wildman–Crippen LogP) is 6.30. The summed E-state index contributed by atoms with van der Waals surface area (Å²) < 4.78 is 58.7. The molecule has 5 aromatic rings. The summed E-state index contributed by atoms with van der Waals surface area (Å²) in [4.78, 5) is 26.4. The summed E-state index contributed by atoms with van der Waals surface area (Å²) >= 11 is 0. The first-order valence-corrected chi connectivity index (χ1v) is 18.2. The van der Waals surface area contributed by atoms with E-state index < -0.39 is 43.3 Å². The number of ether oxygens (including phenoxy) is 3. The van der Waals surface area contributed by atoms with E-state index >= 15 is 0 Å². The number of imidazole rings is 1. The first kappa shape index (κ1) is 37.1. The highest BCUT2D eigenvalue weighted by molar-refractivity contribution is 7.52. The average molecular weight is 737 g/mol. The normalized spacial score (nSPS) is 20.8. The van der Waals surface area contributed by atoms with Gasteiger partial charge in [0.25, 0.3) is 0 Å². The minimum atomic E-state index is -4.29. The van der Waals surface area contributed by atoms with Crippen LogP contribution in [0.2, 0.25) is 0 Å². The minimum Gasteiger partial charge on any atom is -0.479 e. The average Bonchev–Trinajstić information content (AvgIpc) is 3.65. The van der Waals surface area contributed by atoms with Gasteiger partial charge < -0.3 is 29.2 Å². The number of nitrogens with zero attached hydrogens (tertiary/aromatic N) is 4. The smallest absolute Gasteiger partial charge is 0.459 e. The summed E-state index contributed by atoms with van der Waals surface area (Å²) in [7, 11) is -2.83. The molecule has 0 spiro atoms. The van der Waals surface area contributed by atoms with Crippen LogP contribution in [0, 0.1) is 5.82 Å². The molecule has 5 atom stereocenters. The molecule has 1 aliphatic heterocycles. The van der Waals surface area contributed by atoms with Crippen LogP contribution >= 0.6 is 7.75 Å². The van der Waals surface area contributed by atoms with Gasteiger partial charge in [-0.3, -0.25) is 13.9 Å². The predicted molar refractivity (Wildman–Crippen MR) is 191 cm³/mol. The van der Waals surface area contributed by atoms with Gasteiger partial charge in [0.1, 0.15) is 28.8 Å². The van der Waals surface area contributed by atoms with Gasteiger partial charge in [0.05, 0.1) is 26.1 Å². The van der Waals surface area contributed by atoms with Crippen molar-refractivity contribution < 1.29 is 42.1 Å². The molecular formula is C36H42FN6O8P. The van der Waals surface area contributed by atoms with Gasteiger partial charge in [-0.15, -0.1) is 0 Å². The molecular weight excluding hydrogens is 694 g/mol. The van der Waals surface area contributed by atoms with Crippen molar-refractivity contribution >= 4 is 41.6 Å². The second-order valence-electron chi connectivity index (χ2n) is 13.8. The molecule has 0 bridgehead atoms. The van der Waals surface area contributed by atoms with Crippen molar-refractivity contribution in [3.63, 3.8) is 0 Å². The van der Waals surface area contributed by atoms with Crippen LogP contribution < -0.4 is 19.7 Å². The van der Waals surface area contributed by atoms with Crippen LogP contribution in [0.3, 0.4) is 0 Å². The number of benzene rings is 3. The van der Waals surface area contributed by atoms with Crippen molar-refractivity contribution in [3.05, 3.63) is 84.4 Å². The van der Waals surface area contributed by atoms with Crippen molar-refractivity contribution in [1.29, 1.82) is 0 Å². The number of carbonyl (C=O) groups is 1. The highest BCUT2D eigenvalue weighted by atomic mass is 31.2. The van der Waals surface area contributed by atoms with Gasteiger partial charge >= 0.3 is 13.7 Å². The third-order valence-electron chi connectivity index (χ3n) is 8.20. The minimum absolute atomic E-state index is 0.0745. The molecule has 3 N–H and O–H groups in total. The Kier molecular flexibility index (Phi) is 10.5. The van der Waals surface area contributed by atoms with Gasteiger partial charge in [-0.05, 0) is 63.8 Å². The van der Waals surface area contributed by atoms with E-state index in [2.05, 4.69) is 25.4 Å². The molecule has 0 saturated carbocycles. The first-order chi connectivity index (χ1) is 24.6. The molecule has 1 aliphatic rings. The highest BCUT2D eigenvalue weighted by Gasteiger charge is 2.47. The third kappa shape index (κ3) is 8.51. The lowest BCUT2D eigenvalue weighted by Gasteiger charge is -2.26. The second kappa shape index (κ2) is 14.8. The molecule has 2 unspecified atom stereocenters. The van der Waals surface area contributed by atoms with Gasteiger partial charge in [0.2, 0.25) is 11.8 Å². The van der Waals surface area contributed by atoms with Crippen LogP contribution in [0.4, 0.5) is 10.3 Å². The van der Waals surface area contributed by atoms with Crippen LogP contribution in [0.15, 0.2) is 73.1 Å². The maximum atomic E-state index is 14.4. The number of methoxy groups -OCH3 is 1. The third-order valence-corrected chi connectivity index (χ3v) is 9.83. The summed E-state index contributed by atoms with van der Waals surface area (Å²) in [5, 5.41) is 19.0. The maximum Gasteiger partial charge on any atom is 0.459 e. The van der Waals surface area contributed by atoms with Gasteiger partial charge in [-0.25, -0.2) is 13.9 Å². The molecule has 0 amide bonds. The highest BCUT2D eigenvalue weighted by Crippen LogP contribution is 2.48. The van der Waals surface area contributed by atoms with E-state index in [1.165, 1.54) is 32.5 Å². The molecule has 0 aliphatic carbocycles. The Balaban J connectivity index is 1.23. The summed E-state index contributed by atoms with van der Waals surface area (Å²) in [6.07, 6.45) is -0.236. The number of carbonyl (C=O) groups excluding carboxylic acids is 1. The Labute approximate surface area is 300 Å². The Morgan fingerprint density at radius 3 is 2.60 bits per heavy atom. The van der Waals surface area contributed by atoms with E-state index in [0.717, 1.165) is 10.9 Å². The number of fused-ring (bicyclic) bond motifs is 2. The SMILES string of the molecule is COc1nc(NCc2ccc(F)cc2)nc2c1ncn2C1O[C@H](COP(=O)(N[C@@H](C)C(=O)OC(C)(C)C)Oc2cccc3ccccc23)C[C@@]1(C)O. The van der Waals surface area contributed by atoms with Gasteiger partial charge in [0.15, 0.2) is 17.4 Å². The first-order valence-electron chi connectivity index (χ1n) is 16.7. The Morgan fingerprint density at radius 1 is 1.13 bits per heavy atom. The van der Waals surface area contributed by atoms with Crippen molar-refractivity contribution in [1.82, 2.24) is 24.6 Å². The second-order valence-corrected chi connectivity index (χ2v) is 15.5. The molecule has 16 heteroatoms. The Bertz CT molecular complexity index is 2100. The number of hydrogen-bond donors (Lipinski definition) is 3. The molecule has 1 saturated heterocycles. The monoisotopic (exact) mass is 736 g/mol. The number of anilines is 1. The lowest BCUT2D eigenvalue weighted by molar-refractivity contribution is -0.156. The zero-order valence-electron chi connectivity index (χ0n) is 29.7. The number of nitrogens with one attached hydrogen (secondary N) is 2. The summed E-state index contributed by atoms with van der Waals surface area (Å²) in [6.45, 7) is 8.34. The van der Waals surface area contributed by atoms with E-state index in [-0.39, 0.29) is 36.4 Å². The molecule has 0 radical (unpaired) electrons. The van der Waals surface area contributed by atoms with Crippen molar-refractivity contribution in [2.45, 2.75) is 77.2 Å². The lowest BCUT2D eigenvalue weighted by atomic mass is 10.0. The number of halogens is 1. The van der Waals surface area contributed by atoms with Gasteiger partial charge in [0, 0.05) is 18.4 Å². The van der Waals surface area contributed by atoms with Crippen molar-refractivity contribution in [2.24, 2.45) is 0 Å². The van der Waals surface area contributed by atoms with Crippen LogP contribution in [0.1, 0.15) is 52.8 Å². The molecule has 1 fully saturated rings. The Hall–Kier alpha value is -4.66. The van der Waals surface area contributed by atoms with E-state index in [9.17, 15) is 18.9 Å². The number of esters is 1. The molecule has 14 nitrogen and oxygen atoms in total. The number of aromatic nitrogens is 4. The van der Waals surface area contributed by atoms with E-state index in [4.69, 9.17) is 23.3 Å². The molecule has 6 rings (SSSR count). The van der Waals surface area contributed by atoms with E-state index in [1.54, 1.807) is 56.5 Å². The zero-order valence-corrected chi connectivity index (χ0v) is 30.6. The summed E-state index contributed by atoms with van der Waals surface area (Å²) in [6, 6.07) is 17.7. The standard InChI is InChI=1S/C36H42FN6O8P/c1-22(32(44)50-35(2,3)4)42-52(46,51-28-13-9-11-24-10-7-8-12-27(24)28)48-20-26-18-36(5,45)33(49-26)43-21-39-29-30(43)40-34(41-31(29)47-6)38-19-23-14-16-25(37)17-15-23/h7-17,21-22,26,33,45H,18-20H2,1-6H3,(H,42,46)(H,38,40,41)/t22-,26-,33?,36+,52?/m0/s1. The van der Waals surface area contributed by atoms with Crippen LogP contribution in [-0.2, 0) is 29.9 Å². The zero-order chi connectivity index (χ0) is 37.3. The van der Waals surface area contributed by atoms with Gasteiger partial charge in [-0.2, -0.15) is 15.1 Å². The van der Waals surface area contributed by atoms with Crippen LogP contribution in [0.25, 0.3) is 21.9 Å². The molecule has 276 valence electrons. The van der Waals surface area contributed by atoms with E-state index in [0.29, 0.717) is 23.1 Å². The summed E-state index contributed by atoms with van der Waals surface area (Å²) in [5.41, 5.74) is -0.780. The maximum absolute atomic E-state index is 14.4. The van der Waals surface area contributed by atoms with Crippen molar-refractivity contribution in [2.75, 3.05) is 19.0 Å². The summed E-state index contributed by atoms with van der Waals surface area (Å²) in [5.74, 6) is -0.297. The van der Waals surface area contributed by atoms with Crippen LogP contribution in [0.5, 0.6) is 11.6 Å². The quantitative estimate of drug-likeness (QED) is 0.0911. The fraction of sp³-hybridized carbons (Fsp3) is 0.389. The number of aliphatic hydroxyl groups is 1. The topological polar surface area (TPSA) is 168 Å². The fourth-order valence-electron chi connectivity index (χ4n) is 5.83. The van der Waals surface area contributed by atoms with Crippen molar-refractivity contribution in [3.8, 4) is 11.6 Å². The number of hydrogen-bond acceptors (Lipinski definition) is 12. The van der Waals surface area contributed by atoms with E-state index in [1.807, 2.05) is 30.3 Å². The Morgan fingerprint density at radius 2 is 1.87 bits per heavy atom.